The molecule has 0 radical (unpaired) electrons. The van der Waals surface area contributed by atoms with Crippen LogP contribution >= 0.6 is 0 Å². The molecule has 0 aromatic rings. The molecule has 0 aromatic carbocycles. The summed E-state index contributed by atoms with van der Waals surface area (Å²) in [5.41, 5.74) is 0. The first kappa shape index (κ1) is 13.4. The molecule has 0 amide bonds. The monoisotopic (exact) mass is 224 g/mol. The van der Waals surface area contributed by atoms with Crippen molar-refractivity contribution >= 4 is 16.1 Å². The first-order chi connectivity index (χ1) is 6.37. The lowest BCUT2D eigenvalue weighted by Crippen LogP contribution is -2.26. The zero-order valence-electron chi connectivity index (χ0n) is 8.65. The lowest BCUT2D eigenvalue weighted by molar-refractivity contribution is -0.151. The normalized spacial score (nSPS) is 13.6. The molecule has 0 spiro atoms. The highest BCUT2D eigenvalue weighted by Gasteiger charge is 2.19. The van der Waals surface area contributed by atoms with Gasteiger partial charge in [0.1, 0.15) is 0 Å². The topological polar surface area (TPSA) is 69.7 Å². The SMILES string of the molecule is CCCCOC(=O)[C@H](C)OS(C)(=O)=O. The molecule has 0 aliphatic heterocycles. The Morgan fingerprint density at radius 3 is 2.43 bits per heavy atom. The molecule has 0 fully saturated rings. The van der Waals surface area contributed by atoms with Gasteiger partial charge in [0.15, 0.2) is 6.10 Å². The molecule has 0 saturated heterocycles. The second-order valence-corrected chi connectivity index (χ2v) is 4.56. The zero-order valence-corrected chi connectivity index (χ0v) is 9.46. The molecule has 0 aromatic heterocycles. The summed E-state index contributed by atoms with van der Waals surface area (Å²) in [7, 11) is -3.60. The summed E-state index contributed by atoms with van der Waals surface area (Å²) in [5.74, 6) is -0.649. The van der Waals surface area contributed by atoms with Crippen molar-refractivity contribution < 1.29 is 22.1 Å². The third-order valence-corrected chi connectivity index (χ3v) is 2.03. The van der Waals surface area contributed by atoms with E-state index in [1.165, 1.54) is 6.92 Å². The number of carbonyl (C=O) groups is 1. The molecule has 0 heterocycles. The first-order valence-electron chi connectivity index (χ1n) is 4.41. The van der Waals surface area contributed by atoms with E-state index in [0.717, 1.165) is 19.1 Å². The van der Waals surface area contributed by atoms with E-state index in [1.54, 1.807) is 0 Å². The Morgan fingerprint density at radius 1 is 1.43 bits per heavy atom. The highest BCUT2D eigenvalue weighted by molar-refractivity contribution is 7.86. The van der Waals surface area contributed by atoms with Gasteiger partial charge in [-0.2, -0.15) is 8.42 Å². The van der Waals surface area contributed by atoms with E-state index in [1.807, 2.05) is 6.92 Å². The van der Waals surface area contributed by atoms with E-state index in [2.05, 4.69) is 4.18 Å². The summed E-state index contributed by atoms with van der Waals surface area (Å²) >= 11 is 0. The highest BCUT2D eigenvalue weighted by Crippen LogP contribution is 2.00. The number of carbonyl (C=O) groups excluding carboxylic acids is 1. The van der Waals surface area contributed by atoms with E-state index < -0.39 is 22.2 Å². The molecule has 0 rings (SSSR count). The number of hydrogen-bond acceptors (Lipinski definition) is 5. The maximum atomic E-state index is 11.1. The Balaban J connectivity index is 3.88. The fourth-order valence-electron chi connectivity index (χ4n) is 0.736. The highest BCUT2D eigenvalue weighted by atomic mass is 32.2. The lowest BCUT2D eigenvalue weighted by Gasteiger charge is -2.10. The number of unbranched alkanes of at least 4 members (excludes halogenated alkanes) is 1. The minimum atomic E-state index is -3.60. The second kappa shape index (κ2) is 5.98. The molecule has 6 heteroatoms. The molecule has 0 aliphatic rings. The predicted octanol–water partition coefficient (Wildman–Crippen LogP) is 0.694. The van der Waals surface area contributed by atoms with E-state index in [0.29, 0.717) is 6.61 Å². The Bertz CT molecular complexity index is 269. The maximum Gasteiger partial charge on any atom is 0.336 e. The van der Waals surface area contributed by atoms with Crippen molar-refractivity contribution in [3.63, 3.8) is 0 Å². The van der Waals surface area contributed by atoms with Crippen LogP contribution in [0.5, 0.6) is 0 Å². The number of ether oxygens (including phenoxy) is 1. The van der Waals surface area contributed by atoms with Gasteiger partial charge in [0.25, 0.3) is 10.1 Å². The molecule has 5 nitrogen and oxygen atoms in total. The van der Waals surface area contributed by atoms with E-state index in [4.69, 9.17) is 4.74 Å². The van der Waals surface area contributed by atoms with Gasteiger partial charge in [-0.1, -0.05) is 13.3 Å². The van der Waals surface area contributed by atoms with Crippen molar-refractivity contribution in [1.29, 1.82) is 0 Å². The van der Waals surface area contributed by atoms with Crippen LogP contribution in [0.1, 0.15) is 26.7 Å². The van der Waals surface area contributed by atoms with Crippen LogP contribution in [0.25, 0.3) is 0 Å². The Hall–Kier alpha value is -0.620. The number of esters is 1. The summed E-state index contributed by atoms with van der Waals surface area (Å²) in [6, 6.07) is 0. The molecule has 84 valence electrons. The first-order valence-corrected chi connectivity index (χ1v) is 6.23. The fraction of sp³-hybridized carbons (Fsp3) is 0.875. The Kier molecular flexibility index (Phi) is 5.71. The molecule has 1 atom stereocenters. The minimum Gasteiger partial charge on any atom is -0.464 e. The average Bonchev–Trinajstić information content (AvgIpc) is 2.01. The quantitative estimate of drug-likeness (QED) is 0.377. The van der Waals surface area contributed by atoms with Crippen molar-refractivity contribution in [3.05, 3.63) is 0 Å². The second-order valence-electron chi connectivity index (χ2n) is 2.96. The molecular formula is C8H16O5S. The summed E-state index contributed by atoms with van der Waals surface area (Å²) < 4.78 is 30.5. The van der Waals surface area contributed by atoms with Crippen molar-refractivity contribution in [3.8, 4) is 0 Å². The van der Waals surface area contributed by atoms with Gasteiger partial charge >= 0.3 is 5.97 Å². The van der Waals surface area contributed by atoms with Crippen LogP contribution in [0.4, 0.5) is 0 Å². The van der Waals surface area contributed by atoms with Gasteiger partial charge in [-0.05, 0) is 13.3 Å². The third-order valence-electron chi connectivity index (χ3n) is 1.39. The van der Waals surface area contributed by atoms with E-state index >= 15 is 0 Å². The van der Waals surface area contributed by atoms with E-state index in [9.17, 15) is 13.2 Å². The molecule has 0 saturated carbocycles. The van der Waals surface area contributed by atoms with Crippen LogP contribution in [-0.2, 0) is 23.8 Å². The van der Waals surface area contributed by atoms with Crippen molar-refractivity contribution in [2.75, 3.05) is 12.9 Å². The summed E-state index contributed by atoms with van der Waals surface area (Å²) in [6.45, 7) is 3.60. The van der Waals surface area contributed by atoms with E-state index in [-0.39, 0.29) is 0 Å². The fourth-order valence-corrected chi connectivity index (χ4v) is 1.34. The average molecular weight is 224 g/mol. The summed E-state index contributed by atoms with van der Waals surface area (Å²) in [6.07, 6.45) is 1.50. The van der Waals surface area contributed by atoms with Gasteiger partial charge in [-0.3, -0.25) is 4.18 Å². The van der Waals surface area contributed by atoms with Crippen molar-refractivity contribution in [1.82, 2.24) is 0 Å². The van der Waals surface area contributed by atoms with Crippen LogP contribution in [0, 0.1) is 0 Å². The summed E-state index contributed by atoms with van der Waals surface area (Å²) in [5, 5.41) is 0. The van der Waals surface area contributed by atoms with Gasteiger partial charge in [-0.15, -0.1) is 0 Å². The van der Waals surface area contributed by atoms with Crippen LogP contribution in [0.2, 0.25) is 0 Å². The predicted molar refractivity (Wildman–Crippen MR) is 51.3 cm³/mol. The molecular weight excluding hydrogens is 208 g/mol. The zero-order chi connectivity index (χ0) is 11.2. The standard InChI is InChI=1S/C8H16O5S/c1-4-5-6-12-8(9)7(2)13-14(3,10)11/h7H,4-6H2,1-3H3/t7-/m0/s1. The van der Waals surface area contributed by atoms with Gasteiger partial charge in [-0.25, -0.2) is 4.79 Å². The smallest absolute Gasteiger partial charge is 0.336 e. The van der Waals surface area contributed by atoms with Crippen LogP contribution in [-0.4, -0.2) is 33.4 Å². The molecule has 14 heavy (non-hydrogen) atoms. The minimum absolute atomic E-state index is 0.298. The molecule has 0 bridgehead atoms. The molecule has 0 unspecified atom stereocenters. The molecule has 0 N–H and O–H groups in total. The third kappa shape index (κ3) is 6.85. The van der Waals surface area contributed by atoms with Crippen LogP contribution in [0.15, 0.2) is 0 Å². The Labute approximate surface area is 84.5 Å². The lowest BCUT2D eigenvalue weighted by atomic mass is 10.3. The van der Waals surface area contributed by atoms with Gasteiger partial charge in [0.05, 0.1) is 12.9 Å². The van der Waals surface area contributed by atoms with Crippen LogP contribution in [0.3, 0.4) is 0 Å². The largest absolute Gasteiger partial charge is 0.464 e. The van der Waals surface area contributed by atoms with Crippen molar-refractivity contribution in [2.45, 2.75) is 32.8 Å². The van der Waals surface area contributed by atoms with Crippen LogP contribution < -0.4 is 0 Å². The van der Waals surface area contributed by atoms with Gasteiger partial charge < -0.3 is 4.74 Å². The number of rotatable bonds is 6. The molecule has 0 aliphatic carbocycles. The Morgan fingerprint density at radius 2 is 2.00 bits per heavy atom. The maximum absolute atomic E-state index is 11.1. The number of hydrogen-bond donors (Lipinski definition) is 0. The van der Waals surface area contributed by atoms with Gasteiger partial charge in [0.2, 0.25) is 0 Å². The van der Waals surface area contributed by atoms with Gasteiger partial charge in [0, 0.05) is 0 Å². The summed E-state index contributed by atoms with van der Waals surface area (Å²) in [4.78, 5) is 11.1. The van der Waals surface area contributed by atoms with Crippen molar-refractivity contribution in [2.24, 2.45) is 0 Å².